The van der Waals surface area contributed by atoms with E-state index in [0.29, 0.717) is 19.5 Å². The zero-order chi connectivity index (χ0) is 13.7. The van der Waals surface area contributed by atoms with Crippen LogP contribution < -0.4 is 5.32 Å². The van der Waals surface area contributed by atoms with E-state index in [4.69, 9.17) is 5.11 Å². The van der Waals surface area contributed by atoms with Gasteiger partial charge in [-0.15, -0.1) is 0 Å². The summed E-state index contributed by atoms with van der Waals surface area (Å²) in [5, 5.41) is 12.3. The van der Waals surface area contributed by atoms with Crippen molar-refractivity contribution in [1.82, 2.24) is 4.90 Å². The molecule has 1 aliphatic rings. The van der Waals surface area contributed by atoms with E-state index in [0.717, 1.165) is 36.2 Å². The van der Waals surface area contributed by atoms with Crippen LogP contribution in [0, 0.1) is 0 Å². The van der Waals surface area contributed by atoms with Crippen LogP contribution in [0.5, 0.6) is 0 Å². The van der Waals surface area contributed by atoms with Crippen molar-refractivity contribution in [3.63, 3.8) is 0 Å². The third-order valence-electron chi connectivity index (χ3n) is 3.58. The number of hydrogen-bond donors (Lipinski definition) is 2. The van der Waals surface area contributed by atoms with Gasteiger partial charge in [0.2, 0.25) is 0 Å². The van der Waals surface area contributed by atoms with Crippen LogP contribution in [0.25, 0.3) is 0 Å². The van der Waals surface area contributed by atoms with E-state index in [1.54, 1.807) is 4.90 Å². The summed E-state index contributed by atoms with van der Waals surface area (Å²) in [5.41, 5.74) is 3.04. The maximum Gasteiger partial charge on any atom is 0.254 e. The molecule has 2 N–H and O–H groups in total. The number of nitrogens with zero attached hydrogens (tertiary/aromatic N) is 1. The standard InChI is InChI=1S/C15H22N2O2/c1-2-17(10-5-11-18)15(19)13-6-3-8-14-12(13)7-4-9-16-14/h3,6,8,16,18H,2,4-5,7,9-11H2,1H3. The molecule has 0 aliphatic carbocycles. The molecular formula is C15H22N2O2. The summed E-state index contributed by atoms with van der Waals surface area (Å²) in [4.78, 5) is 14.4. The van der Waals surface area contributed by atoms with Gasteiger partial charge in [-0.25, -0.2) is 0 Å². The van der Waals surface area contributed by atoms with Gasteiger partial charge in [-0.3, -0.25) is 4.79 Å². The van der Waals surface area contributed by atoms with Gasteiger partial charge in [0.15, 0.2) is 0 Å². The Morgan fingerprint density at radius 3 is 3.05 bits per heavy atom. The lowest BCUT2D eigenvalue weighted by molar-refractivity contribution is 0.0753. The minimum atomic E-state index is 0.0801. The Hall–Kier alpha value is -1.55. The lowest BCUT2D eigenvalue weighted by Crippen LogP contribution is -2.33. The van der Waals surface area contributed by atoms with Crippen LogP contribution >= 0.6 is 0 Å². The molecule has 1 aliphatic heterocycles. The molecule has 0 saturated heterocycles. The highest BCUT2D eigenvalue weighted by Crippen LogP contribution is 2.26. The van der Waals surface area contributed by atoms with Crippen LogP contribution in [0.2, 0.25) is 0 Å². The summed E-state index contributed by atoms with van der Waals surface area (Å²) >= 11 is 0. The van der Waals surface area contributed by atoms with Crippen molar-refractivity contribution in [2.24, 2.45) is 0 Å². The van der Waals surface area contributed by atoms with Gasteiger partial charge in [0.25, 0.3) is 5.91 Å². The molecule has 19 heavy (non-hydrogen) atoms. The SMILES string of the molecule is CCN(CCCO)C(=O)c1cccc2c1CCCN2. The van der Waals surface area contributed by atoms with Gasteiger partial charge in [-0.05, 0) is 43.9 Å². The fourth-order valence-electron chi connectivity index (χ4n) is 2.55. The van der Waals surface area contributed by atoms with Crippen molar-refractivity contribution >= 4 is 11.6 Å². The number of aliphatic hydroxyl groups excluding tert-OH is 1. The van der Waals surface area contributed by atoms with E-state index in [9.17, 15) is 4.79 Å². The molecule has 0 fully saturated rings. The number of rotatable bonds is 5. The zero-order valence-electron chi connectivity index (χ0n) is 11.5. The van der Waals surface area contributed by atoms with E-state index in [-0.39, 0.29) is 12.5 Å². The first kappa shape index (κ1) is 13.9. The largest absolute Gasteiger partial charge is 0.396 e. The van der Waals surface area contributed by atoms with Crippen molar-refractivity contribution in [2.75, 3.05) is 31.6 Å². The molecule has 1 aromatic carbocycles. The Bertz CT molecular complexity index is 446. The van der Waals surface area contributed by atoms with Gasteiger partial charge in [-0.2, -0.15) is 0 Å². The monoisotopic (exact) mass is 262 g/mol. The second-order valence-corrected chi connectivity index (χ2v) is 4.82. The van der Waals surface area contributed by atoms with Crippen molar-refractivity contribution in [1.29, 1.82) is 0 Å². The fourth-order valence-corrected chi connectivity index (χ4v) is 2.55. The molecule has 0 bridgehead atoms. The number of carbonyl (C=O) groups excluding carboxylic acids is 1. The summed E-state index contributed by atoms with van der Waals surface area (Å²) in [6.45, 7) is 4.37. The summed E-state index contributed by atoms with van der Waals surface area (Å²) < 4.78 is 0. The van der Waals surface area contributed by atoms with Crippen LogP contribution in [0.1, 0.15) is 35.7 Å². The van der Waals surface area contributed by atoms with Crippen LogP contribution in [-0.4, -0.2) is 42.2 Å². The molecule has 4 heteroatoms. The smallest absolute Gasteiger partial charge is 0.254 e. The molecule has 104 valence electrons. The van der Waals surface area contributed by atoms with Crippen LogP contribution in [0.15, 0.2) is 18.2 Å². The molecule has 0 unspecified atom stereocenters. The molecule has 2 rings (SSSR count). The Labute approximate surface area is 114 Å². The Kier molecular flexibility index (Phi) is 4.80. The highest BCUT2D eigenvalue weighted by Gasteiger charge is 2.20. The molecule has 0 spiro atoms. The van der Waals surface area contributed by atoms with E-state index < -0.39 is 0 Å². The summed E-state index contributed by atoms with van der Waals surface area (Å²) in [7, 11) is 0. The maximum atomic E-state index is 12.6. The number of hydrogen-bond acceptors (Lipinski definition) is 3. The summed E-state index contributed by atoms with van der Waals surface area (Å²) in [6, 6.07) is 5.88. The molecule has 1 heterocycles. The molecule has 0 saturated carbocycles. The molecule has 1 amide bonds. The Morgan fingerprint density at radius 2 is 2.32 bits per heavy atom. The quantitative estimate of drug-likeness (QED) is 0.852. The lowest BCUT2D eigenvalue weighted by atomic mass is 9.97. The minimum absolute atomic E-state index is 0.0801. The minimum Gasteiger partial charge on any atom is -0.396 e. The molecule has 1 aromatic rings. The van der Waals surface area contributed by atoms with Crippen LogP contribution in [0.4, 0.5) is 5.69 Å². The topological polar surface area (TPSA) is 52.6 Å². The average molecular weight is 262 g/mol. The number of benzene rings is 1. The highest BCUT2D eigenvalue weighted by atomic mass is 16.3. The van der Waals surface area contributed by atoms with Gasteiger partial charge < -0.3 is 15.3 Å². The molecule has 0 radical (unpaired) electrons. The van der Waals surface area contributed by atoms with Crippen LogP contribution in [-0.2, 0) is 6.42 Å². The first-order valence-electron chi connectivity index (χ1n) is 7.03. The van der Waals surface area contributed by atoms with Crippen molar-refractivity contribution in [2.45, 2.75) is 26.2 Å². The molecule has 0 atom stereocenters. The maximum absolute atomic E-state index is 12.6. The van der Waals surface area contributed by atoms with E-state index in [1.165, 1.54) is 0 Å². The van der Waals surface area contributed by atoms with E-state index >= 15 is 0 Å². The lowest BCUT2D eigenvalue weighted by Gasteiger charge is -2.25. The Morgan fingerprint density at radius 1 is 1.47 bits per heavy atom. The predicted molar refractivity (Wildman–Crippen MR) is 76.5 cm³/mol. The third kappa shape index (κ3) is 3.07. The summed E-state index contributed by atoms with van der Waals surface area (Å²) in [5.74, 6) is 0.0801. The van der Waals surface area contributed by atoms with Crippen molar-refractivity contribution < 1.29 is 9.90 Å². The van der Waals surface area contributed by atoms with Gasteiger partial charge >= 0.3 is 0 Å². The van der Waals surface area contributed by atoms with Crippen molar-refractivity contribution in [3.8, 4) is 0 Å². The first-order chi connectivity index (χ1) is 9.27. The van der Waals surface area contributed by atoms with E-state index in [1.807, 2.05) is 25.1 Å². The van der Waals surface area contributed by atoms with Crippen LogP contribution in [0.3, 0.4) is 0 Å². The number of carbonyl (C=O) groups is 1. The molecule has 4 nitrogen and oxygen atoms in total. The average Bonchev–Trinajstić information content (AvgIpc) is 2.47. The van der Waals surface area contributed by atoms with Gasteiger partial charge in [0, 0.05) is 37.5 Å². The normalized spacial score (nSPS) is 13.6. The predicted octanol–water partition coefficient (Wildman–Crippen LogP) is 1.89. The fraction of sp³-hybridized carbons (Fsp3) is 0.533. The van der Waals surface area contributed by atoms with Gasteiger partial charge in [-0.1, -0.05) is 6.07 Å². The molecular weight excluding hydrogens is 240 g/mol. The van der Waals surface area contributed by atoms with Crippen molar-refractivity contribution in [3.05, 3.63) is 29.3 Å². The van der Waals surface area contributed by atoms with Gasteiger partial charge in [0.05, 0.1) is 0 Å². The first-order valence-corrected chi connectivity index (χ1v) is 7.03. The van der Waals surface area contributed by atoms with Gasteiger partial charge in [0.1, 0.15) is 0 Å². The second kappa shape index (κ2) is 6.57. The zero-order valence-corrected chi connectivity index (χ0v) is 11.5. The molecule has 0 aromatic heterocycles. The second-order valence-electron chi connectivity index (χ2n) is 4.82. The number of aliphatic hydroxyl groups is 1. The number of anilines is 1. The van der Waals surface area contributed by atoms with E-state index in [2.05, 4.69) is 5.32 Å². The third-order valence-corrected chi connectivity index (χ3v) is 3.58. The number of nitrogens with one attached hydrogen (secondary N) is 1. The number of fused-ring (bicyclic) bond motifs is 1. The Balaban J connectivity index is 2.22. The highest BCUT2D eigenvalue weighted by molar-refractivity contribution is 5.97. The number of amides is 1. The summed E-state index contributed by atoms with van der Waals surface area (Å²) in [6.07, 6.45) is 2.66.